The molecule has 0 unspecified atom stereocenters. The van der Waals surface area contributed by atoms with Crippen LogP contribution in [-0.4, -0.2) is 21.5 Å². The van der Waals surface area contributed by atoms with Crippen LogP contribution in [0.4, 0.5) is 14.5 Å². The largest absolute Gasteiger partial charge is 0.417 e. The van der Waals surface area contributed by atoms with Crippen molar-refractivity contribution in [2.24, 2.45) is 0 Å². The van der Waals surface area contributed by atoms with Gasteiger partial charge < -0.3 is 9.74 Å². The van der Waals surface area contributed by atoms with Gasteiger partial charge in [-0.1, -0.05) is 33.6 Å². The summed E-state index contributed by atoms with van der Waals surface area (Å²) in [5.74, 6) is -0.828. The van der Waals surface area contributed by atoms with Gasteiger partial charge >= 0.3 is 0 Å². The maximum absolute atomic E-state index is 13.4. The molecule has 0 fully saturated rings. The fourth-order valence-corrected chi connectivity index (χ4v) is 3.07. The molecule has 0 aromatic heterocycles. The number of unbranched alkanes of at least 4 members (excludes halogenated alkanes) is 3. The van der Waals surface area contributed by atoms with Gasteiger partial charge in [-0.25, -0.2) is 8.78 Å². The SMILES string of the molecule is CC(C)(C)[Si](C)(C)OCCCCCCNc1cc(F)ccc1F. The monoisotopic (exact) mass is 343 g/mol. The van der Waals surface area contributed by atoms with E-state index in [2.05, 4.69) is 39.2 Å². The van der Waals surface area contributed by atoms with Gasteiger partial charge in [0.25, 0.3) is 0 Å². The molecule has 0 radical (unpaired) electrons. The van der Waals surface area contributed by atoms with Crippen LogP contribution in [0, 0.1) is 11.6 Å². The predicted octanol–water partition coefficient (Wildman–Crippen LogP) is 5.96. The van der Waals surface area contributed by atoms with E-state index in [1.54, 1.807) is 0 Å². The van der Waals surface area contributed by atoms with Crippen LogP contribution in [0.15, 0.2) is 18.2 Å². The highest BCUT2D eigenvalue weighted by atomic mass is 28.4. The number of nitrogens with one attached hydrogen (secondary N) is 1. The molecular weight excluding hydrogens is 312 g/mol. The molecule has 1 rings (SSSR count). The van der Waals surface area contributed by atoms with E-state index in [-0.39, 0.29) is 10.7 Å². The lowest BCUT2D eigenvalue weighted by molar-refractivity contribution is 0.277. The molecule has 0 aliphatic rings. The summed E-state index contributed by atoms with van der Waals surface area (Å²) in [7, 11) is -1.63. The Morgan fingerprint density at radius 3 is 2.35 bits per heavy atom. The fourth-order valence-electron chi connectivity index (χ4n) is 1.98. The first-order valence-corrected chi connectivity index (χ1v) is 11.4. The second-order valence-electron chi connectivity index (χ2n) is 7.57. The van der Waals surface area contributed by atoms with Crippen LogP contribution in [0.2, 0.25) is 18.1 Å². The Hall–Kier alpha value is -0.943. The number of hydrogen-bond acceptors (Lipinski definition) is 2. The first kappa shape index (κ1) is 20.1. The number of rotatable bonds is 9. The molecule has 0 atom stereocenters. The van der Waals surface area contributed by atoms with E-state index in [0.29, 0.717) is 6.54 Å². The average molecular weight is 344 g/mol. The minimum Gasteiger partial charge on any atom is -0.417 e. The molecule has 0 saturated heterocycles. The molecule has 5 heteroatoms. The lowest BCUT2D eigenvalue weighted by atomic mass is 10.2. The van der Waals surface area contributed by atoms with Crippen molar-refractivity contribution in [2.45, 2.75) is 64.6 Å². The van der Waals surface area contributed by atoms with Gasteiger partial charge in [0, 0.05) is 13.2 Å². The molecule has 0 spiro atoms. The molecular formula is C18H31F2NOSi. The van der Waals surface area contributed by atoms with E-state index in [0.717, 1.165) is 44.4 Å². The van der Waals surface area contributed by atoms with Crippen molar-refractivity contribution in [3.05, 3.63) is 29.8 Å². The maximum Gasteiger partial charge on any atom is 0.191 e. The summed E-state index contributed by atoms with van der Waals surface area (Å²) < 4.78 is 32.6. The third-order valence-electron chi connectivity index (χ3n) is 4.58. The zero-order chi connectivity index (χ0) is 17.5. The molecule has 1 N–H and O–H groups in total. The average Bonchev–Trinajstić information content (AvgIpc) is 2.44. The lowest BCUT2D eigenvalue weighted by Gasteiger charge is -2.36. The zero-order valence-electron chi connectivity index (χ0n) is 15.1. The van der Waals surface area contributed by atoms with E-state index in [1.807, 2.05) is 0 Å². The van der Waals surface area contributed by atoms with Gasteiger partial charge in [0.15, 0.2) is 8.32 Å². The van der Waals surface area contributed by atoms with Gasteiger partial charge in [-0.3, -0.25) is 0 Å². The van der Waals surface area contributed by atoms with Crippen LogP contribution < -0.4 is 5.32 Å². The molecule has 23 heavy (non-hydrogen) atoms. The van der Waals surface area contributed by atoms with E-state index >= 15 is 0 Å². The standard InChI is InChI=1S/C18H31F2NOSi/c1-18(2,3)23(4,5)22-13-9-7-6-8-12-21-17-14-15(19)10-11-16(17)20/h10-11,14,21H,6-9,12-13H2,1-5H3. The van der Waals surface area contributed by atoms with E-state index in [9.17, 15) is 8.78 Å². The lowest BCUT2D eigenvalue weighted by Crippen LogP contribution is -2.40. The Labute approximate surface area is 140 Å². The minimum atomic E-state index is -1.63. The quantitative estimate of drug-likeness (QED) is 0.441. The summed E-state index contributed by atoms with van der Waals surface area (Å²) in [4.78, 5) is 0. The molecule has 0 saturated carbocycles. The van der Waals surface area contributed by atoms with E-state index < -0.39 is 20.0 Å². The first-order chi connectivity index (χ1) is 10.6. The Bertz CT molecular complexity index is 486. The maximum atomic E-state index is 13.4. The highest BCUT2D eigenvalue weighted by Gasteiger charge is 2.36. The summed E-state index contributed by atoms with van der Waals surface area (Å²) in [5.41, 5.74) is 0.242. The first-order valence-electron chi connectivity index (χ1n) is 8.46. The van der Waals surface area contributed by atoms with Crippen molar-refractivity contribution in [3.63, 3.8) is 0 Å². The smallest absolute Gasteiger partial charge is 0.191 e. The van der Waals surface area contributed by atoms with Crippen molar-refractivity contribution >= 4 is 14.0 Å². The van der Waals surface area contributed by atoms with Gasteiger partial charge in [-0.15, -0.1) is 0 Å². The second-order valence-corrected chi connectivity index (χ2v) is 12.4. The summed E-state index contributed by atoms with van der Waals surface area (Å²) in [6.45, 7) is 12.8. The van der Waals surface area contributed by atoms with Crippen LogP contribution in [0.25, 0.3) is 0 Å². The van der Waals surface area contributed by atoms with Crippen LogP contribution in [0.3, 0.4) is 0 Å². The molecule has 0 amide bonds. The van der Waals surface area contributed by atoms with Gasteiger partial charge in [0.05, 0.1) is 5.69 Å². The third kappa shape index (κ3) is 7.00. The van der Waals surface area contributed by atoms with Crippen molar-refractivity contribution in [1.82, 2.24) is 0 Å². The zero-order valence-corrected chi connectivity index (χ0v) is 16.1. The molecule has 1 aromatic rings. The van der Waals surface area contributed by atoms with Gasteiger partial charge in [-0.2, -0.15) is 0 Å². The van der Waals surface area contributed by atoms with Crippen LogP contribution in [0.1, 0.15) is 46.5 Å². The number of hydrogen-bond donors (Lipinski definition) is 1. The molecule has 0 heterocycles. The minimum absolute atomic E-state index is 0.242. The molecule has 0 aliphatic carbocycles. The summed E-state index contributed by atoms with van der Waals surface area (Å²) in [6.07, 6.45) is 4.16. The van der Waals surface area contributed by atoms with Crippen molar-refractivity contribution in [2.75, 3.05) is 18.5 Å². The van der Waals surface area contributed by atoms with Gasteiger partial charge in [0.1, 0.15) is 11.6 Å². The Morgan fingerprint density at radius 2 is 1.70 bits per heavy atom. The highest BCUT2D eigenvalue weighted by Crippen LogP contribution is 2.36. The summed E-state index contributed by atoms with van der Waals surface area (Å²) in [5, 5.41) is 3.21. The third-order valence-corrected chi connectivity index (χ3v) is 9.12. The molecule has 1 aromatic carbocycles. The molecule has 0 aliphatic heterocycles. The van der Waals surface area contributed by atoms with E-state index in [4.69, 9.17) is 4.43 Å². The van der Waals surface area contributed by atoms with Crippen LogP contribution >= 0.6 is 0 Å². The van der Waals surface area contributed by atoms with Gasteiger partial charge in [0.2, 0.25) is 0 Å². The van der Waals surface area contributed by atoms with Crippen LogP contribution in [-0.2, 0) is 4.43 Å². The molecule has 0 bridgehead atoms. The topological polar surface area (TPSA) is 21.3 Å². The summed E-state index contributed by atoms with van der Waals surface area (Å²) >= 11 is 0. The van der Waals surface area contributed by atoms with E-state index in [1.165, 1.54) is 6.07 Å². The number of anilines is 1. The predicted molar refractivity (Wildman–Crippen MR) is 96.5 cm³/mol. The van der Waals surface area contributed by atoms with Crippen molar-refractivity contribution < 1.29 is 13.2 Å². The normalized spacial score (nSPS) is 12.5. The van der Waals surface area contributed by atoms with Crippen molar-refractivity contribution in [1.29, 1.82) is 0 Å². The Kier molecular flexibility index (Phi) is 7.68. The van der Waals surface area contributed by atoms with Gasteiger partial charge in [-0.05, 0) is 49.2 Å². The number of benzene rings is 1. The Balaban J connectivity index is 2.11. The summed E-state index contributed by atoms with van der Waals surface area (Å²) in [6, 6.07) is 3.47. The second kappa shape index (κ2) is 8.78. The van der Waals surface area contributed by atoms with Crippen molar-refractivity contribution in [3.8, 4) is 0 Å². The molecule has 2 nitrogen and oxygen atoms in total. The van der Waals surface area contributed by atoms with Crippen LogP contribution in [0.5, 0.6) is 0 Å². The molecule has 132 valence electrons. The fraction of sp³-hybridized carbons (Fsp3) is 0.667. The number of halogens is 2. The Morgan fingerprint density at radius 1 is 1.04 bits per heavy atom. The highest BCUT2D eigenvalue weighted by molar-refractivity contribution is 6.74.